The third-order valence-corrected chi connectivity index (χ3v) is 16.6. The second-order valence-electron chi connectivity index (χ2n) is 18.9. The van der Waals surface area contributed by atoms with Gasteiger partial charge in [0.15, 0.2) is 11.5 Å². The zero-order valence-corrected chi connectivity index (χ0v) is 50.4. The molecule has 2 aliphatic heterocycles. The van der Waals surface area contributed by atoms with Crippen molar-refractivity contribution in [1.82, 2.24) is 39.9 Å². The Morgan fingerprint density at radius 3 is 1.24 bits per heavy atom. The number of ether oxygens (including phenoxy) is 2. The van der Waals surface area contributed by atoms with E-state index in [9.17, 15) is 0 Å². The largest absolute Gasteiger partial charge is 2.00 e. The fourth-order valence-corrected chi connectivity index (χ4v) is 11.6. The van der Waals surface area contributed by atoms with E-state index in [0.717, 1.165) is 11.1 Å². The first kappa shape index (κ1) is 53.5. The van der Waals surface area contributed by atoms with Crippen LogP contribution in [0.15, 0.2) is 66.7 Å². The number of halogens is 11. The zero-order chi connectivity index (χ0) is 51.9. The van der Waals surface area contributed by atoms with Crippen LogP contribution in [0.25, 0.3) is 89.7 Å². The fraction of sp³-hybridized carbons (Fsp3) is 0.154. The Morgan fingerprint density at radius 2 is 0.757 bits per heavy atom. The van der Waals surface area contributed by atoms with Gasteiger partial charge in [0.1, 0.15) is 21.5 Å². The van der Waals surface area contributed by atoms with E-state index in [2.05, 4.69) is 41.5 Å². The van der Waals surface area contributed by atoms with Crippen LogP contribution in [0.4, 0.5) is 0 Å². The number of nitrogens with zero attached hydrogens (tertiary/aromatic N) is 8. The summed E-state index contributed by atoms with van der Waals surface area (Å²) in [6.45, 7) is 12.3. The van der Waals surface area contributed by atoms with E-state index in [1.165, 1.54) is 0 Å². The van der Waals surface area contributed by atoms with Gasteiger partial charge in [0.25, 0.3) is 0 Å². The van der Waals surface area contributed by atoms with Gasteiger partial charge in [-0.25, -0.2) is 9.97 Å². The molecular weight excluding hydrogens is 1220 g/mol. The molecule has 5 heterocycles. The Labute approximate surface area is 490 Å². The second kappa shape index (κ2) is 19.5. The molecule has 0 atom stereocenters. The Hall–Kier alpha value is -3.91. The standard InChI is InChI=1S/C52H29Cl11N8O2.Zn/c1-51(2,3)21-11-7-9-13-23(21)72-41-35(58)29-27(33(56)39(41)62)46-65-43-19-16-15-18(53)17-20(19)44(64-43)66-45-25-26(32(55)38(61)37(60)31(25)54)47(67-45)69-48-28-30(50(70-48)71-49(29)68-46)36(59)42(40(63)34(28)57)73-24-14-10-8-12-22(24)52(4,5)6;/h7-17H,1-6H3;/q-2;+2. The molecule has 0 saturated heterocycles. The van der Waals surface area contributed by atoms with Gasteiger partial charge in [-0.2, -0.15) is 0 Å². The van der Waals surface area contributed by atoms with Crippen LogP contribution in [0.1, 0.15) is 52.7 Å². The molecular formula is C52H29Cl11N8O2Zn. The maximum absolute atomic E-state index is 7.49. The van der Waals surface area contributed by atoms with Crippen molar-refractivity contribution in [3.05, 3.63) is 133 Å². The normalized spacial score (nSPS) is 12.3. The summed E-state index contributed by atoms with van der Waals surface area (Å²) in [5.74, 6) is 0.947. The van der Waals surface area contributed by atoms with Gasteiger partial charge < -0.3 is 39.4 Å². The quantitative estimate of drug-likeness (QED) is 0.0956. The van der Waals surface area contributed by atoms with Crippen LogP contribution in [0, 0.1) is 0 Å². The topological polar surface area (TPSA) is 124 Å². The maximum Gasteiger partial charge on any atom is 2.00 e. The van der Waals surface area contributed by atoms with Gasteiger partial charge in [0, 0.05) is 71.8 Å². The number of hydrogen-bond donors (Lipinski definition) is 0. The minimum atomic E-state index is -0.357. The van der Waals surface area contributed by atoms with Crippen molar-refractivity contribution in [1.29, 1.82) is 0 Å². The molecule has 0 radical (unpaired) electrons. The van der Waals surface area contributed by atoms with E-state index in [1.807, 2.05) is 42.5 Å². The van der Waals surface area contributed by atoms with E-state index >= 15 is 0 Å². The number of fused-ring (bicyclic) bond motifs is 20. The Bertz CT molecular complexity index is 4120. The number of benzene rings is 6. The van der Waals surface area contributed by atoms with Gasteiger partial charge >= 0.3 is 19.5 Å². The van der Waals surface area contributed by atoms with Crippen molar-refractivity contribution in [2.24, 2.45) is 0 Å². The van der Waals surface area contributed by atoms with Crippen LogP contribution < -0.4 is 19.4 Å². The van der Waals surface area contributed by atoms with Crippen LogP contribution in [0.5, 0.6) is 23.0 Å². The average Bonchev–Trinajstić information content (AvgIpc) is 4.09. The minimum Gasteiger partial charge on any atom is -0.454 e. The van der Waals surface area contributed by atoms with Gasteiger partial charge in [-0.3, -0.25) is 0 Å². The summed E-state index contributed by atoms with van der Waals surface area (Å²) in [7, 11) is 0. The number of hydrogen-bond acceptors (Lipinski definition) is 8. The van der Waals surface area contributed by atoms with Crippen LogP contribution >= 0.6 is 128 Å². The maximum atomic E-state index is 7.49. The number of aromatic nitrogens is 8. The second-order valence-corrected chi connectivity index (χ2v) is 23.1. The molecule has 0 spiro atoms. The molecule has 0 unspecified atom stereocenters. The molecule has 6 aromatic carbocycles. The van der Waals surface area contributed by atoms with Crippen molar-refractivity contribution in [3.63, 3.8) is 0 Å². The molecule has 0 amide bonds. The van der Waals surface area contributed by atoms with Gasteiger partial charge in [0.05, 0.1) is 63.5 Å². The molecule has 11 rings (SSSR count). The number of rotatable bonds is 4. The van der Waals surface area contributed by atoms with E-state index in [1.54, 1.807) is 24.3 Å². The zero-order valence-electron chi connectivity index (χ0n) is 39.1. The molecule has 22 heteroatoms. The van der Waals surface area contributed by atoms with E-state index in [0.29, 0.717) is 27.3 Å². The molecule has 0 fully saturated rings. The molecule has 74 heavy (non-hydrogen) atoms. The summed E-state index contributed by atoms with van der Waals surface area (Å²) < 4.78 is 13.2. The van der Waals surface area contributed by atoms with Gasteiger partial charge in [-0.15, -0.1) is 0 Å². The van der Waals surface area contributed by atoms with Crippen LogP contribution in [0.3, 0.4) is 0 Å². The Balaban J connectivity index is 0.00000626. The van der Waals surface area contributed by atoms with Crippen molar-refractivity contribution in [2.45, 2.75) is 52.4 Å². The summed E-state index contributed by atoms with van der Waals surface area (Å²) in [6.07, 6.45) is 0. The summed E-state index contributed by atoms with van der Waals surface area (Å²) in [4.78, 5) is 39.7. The molecule has 2 aliphatic rings. The fourth-order valence-electron chi connectivity index (χ4n) is 8.73. The number of para-hydroxylation sites is 2. The van der Waals surface area contributed by atoms with Crippen LogP contribution in [0.2, 0.25) is 55.2 Å². The van der Waals surface area contributed by atoms with Crippen LogP contribution in [-0.2, 0) is 30.3 Å². The summed E-state index contributed by atoms with van der Waals surface area (Å²) >= 11 is 78.0. The molecule has 10 nitrogen and oxygen atoms in total. The van der Waals surface area contributed by atoms with Crippen molar-refractivity contribution >= 4 is 172 Å². The molecule has 0 N–H and O–H groups in total. The van der Waals surface area contributed by atoms with Gasteiger partial charge in [-0.1, -0.05) is 212 Å². The average molecular weight is 1250 g/mol. The Morgan fingerprint density at radius 1 is 0.378 bits per heavy atom. The molecule has 0 saturated carbocycles. The first-order valence-corrected chi connectivity index (χ1v) is 26.0. The summed E-state index contributed by atoms with van der Waals surface area (Å²) in [5, 5.41) is 1.37. The third kappa shape index (κ3) is 8.76. The minimum absolute atomic E-state index is 0. The van der Waals surface area contributed by atoms with Gasteiger partial charge in [0.2, 0.25) is 0 Å². The van der Waals surface area contributed by atoms with Crippen molar-refractivity contribution in [3.8, 4) is 68.5 Å². The third-order valence-electron chi connectivity index (χ3n) is 12.1. The SMILES string of the molecule is CC(C)(C)c1ccccc1Oc1c(Cl)c(Cl)c2c(c1Cl)-c1nc-2nc2[n-]c(nc3nc(nc4[n-]c(n1)c1c(Cl)c(Oc5ccccc5C(C)(C)C)c(Cl)c(Cl)c41)-c1c(Cl)c(Cl)c(Cl)c(Cl)c1-3)c1cc(Cl)ccc21.[Zn+2]. The predicted molar refractivity (Wildman–Crippen MR) is 300 cm³/mol. The molecule has 8 bridgehead atoms. The molecule has 9 aromatic rings. The van der Waals surface area contributed by atoms with E-state index in [4.69, 9.17) is 177 Å². The Kier molecular flexibility index (Phi) is 14.1. The van der Waals surface area contributed by atoms with E-state index < -0.39 is 0 Å². The van der Waals surface area contributed by atoms with Gasteiger partial charge in [-0.05, 0) is 45.9 Å². The summed E-state index contributed by atoms with van der Waals surface area (Å²) in [5.41, 5.74) is 1.95. The van der Waals surface area contributed by atoms with Crippen LogP contribution in [-0.4, -0.2) is 29.9 Å². The predicted octanol–water partition coefficient (Wildman–Crippen LogP) is 19.5. The summed E-state index contributed by atoms with van der Waals surface area (Å²) in [6, 6.07) is 20.1. The van der Waals surface area contributed by atoms with Crippen molar-refractivity contribution in [2.75, 3.05) is 0 Å². The first-order valence-electron chi connectivity index (χ1n) is 21.9. The monoisotopic (exact) mass is 1250 g/mol. The molecule has 368 valence electrons. The molecule has 0 aliphatic carbocycles. The smallest absolute Gasteiger partial charge is 0.454 e. The molecule has 3 aromatic heterocycles. The first-order chi connectivity index (χ1) is 34.5. The van der Waals surface area contributed by atoms with E-state index in [-0.39, 0.29) is 171 Å². The van der Waals surface area contributed by atoms with Crippen molar-refractivity contribution < 1.29 is 29.0 Å².